The maximum Gasteiger partial charge on any atom is 0.204 e. The SMILES string of the molecule is CC(C)C1=C[C@H]2OC3(CCN(CCCNc4ccnc5cc(Cl)ccc45)CC3)OO[C@@]2(C)CC1. The Kier molecular flexibility index (Phi) is 6.88. The molecule has 34 heavy (non-hydrogen) atoms. The fourth-order valence-corrected chi connectivity index (χ4v) is 5.43. The molecule has 2 atom stereocenters. The second kappa shape index (κ2) is 9.75. The first-order chi connectivity index (χ1) is 16.4. The lowest BCUT2D eigenvalue weighted by molar-refractivity contribution is -0.527. The van der Waals surface area contributed by atoms with Gasteiger partial charge in [0.15, 0.2) is 0 Å². The van der Waals surface area contributed by atoms with Gasteiger partial charge in [0, 0.05) is 54.8 Å². The van der Waals surface area contributed by atoms with E-state index in [4.69, 9.17) is 26.1 Å². The molecule has 0 amide bonds. The number of ether oxygens (including phenoxy) is 1. The summed E-state index contributed by atoms with van der Waals surface area (Å²) in [5, 5.41) is 5.38. The first kappa shape index (κ1) is 24.0. The Hall–Kier alpha value is -1.70. The van der Waals surface area contributed by atoms with Gasteiger partial charge in [-0.3, -0.25) is 4.98 Å². The predicted molar refractivity (Wildman–Crippen MR) is 136 cm³/mol. The number of pyridine rings is 1. The van der Waals surface area contributed by atoms with E-state index < -0.39 is 5.79 Å². The molecule has 2 aromatic rings. The van der Waals surface area contributed by atoms with Crippen LogP contribution in [0.3, 0.4) is 0 Å². The van der Waals surface area contributed by atoms with Gasteiger partial charge in [-0.1, -0.05) is 37.1 Å². The number of anilines is 1. The van der Waals surface area contributed by atoms with Crippen LogP contribution in [0.25, 0.3) is 10.9 Å². The number of rotatable bonds is 6. The van der Waals surface area contributed by atoms with Crippen molar-refractivity contribution in [3.63, 3.8) is 0 Å². The number of nitrogens with one attached hydrogen (secondary N) is 1. The second-order valence-corrected chi connectivity index (χ2v) is 10.9. The molecule has 184 valence electrons. The van der Waals surface area contributed by atoms with Crippen LogP contribution in [0.1, 0.15) is 52.9 Å². The average Bonchev–Trinajstić information content (AvgIpc) is 2.83. The molecule has 1 aromatic carbocycles. The van der Waals surface area contributed by atoms with Crippen LogP contribution in [0.15, 0.2) is 42.1 Å². The molecule has 0 radical (unpaired) electrons. The van der Waals surface area contributed by atoms with Crippen LogP contribution >= 0.6 is 11.6 Å². The third-order valence-electron chi connectivity index (χ3n) is 7.63. The van der Waals surface area contributed by atoms with Gasteiger partial charge in [-0.15, -0.1) is 0 Å². The minimum absolute atomic E-state index is 0.0341. The number of benzene rings is 1. The van der Waals surface area contributed by atoms with Crippen LogP contribution in [0.2, 0.25) is 5.02 Å². The zero-order valence-corrected chi connectivity index (χ0v) is 21.2. The molecule has 7 heteroatoms. The highest BCUT2D eigenvalue weighted by atomic mass is 35.5. The number of aromatic nitrogens is 1. The molecule has 1 aliphatic carbocycles. The molecule has 0 saturated carbocycles. The van der Waals surface area contributed by atoms with Crippen LogP contribution in [-0.2, 0) is 14.5 Å². The van der Waals surface area contributed by atoms with Crippen molar-refractivity contribution in [1.82, 2.24) is 9.88 Å². The molecular weight excluding hydrogens is 450 g/mol. The molecule has 5 rings (SSSR count). The minimum Gasteiger partial charge on any atom is -0.384 e. The van der Waals surface area contributed by atoms with Crippen molar-refractivity contribution in [1.29, 1.82) is 0 Å². The van der Waals surface area contributed by atoms with Gasteiger partial charge in [0.2, 0.25) is 5.79 Å². The zero-order valence-electron chi connectivity index (χ0n) is 20.5. The lowest BCUT2D eigenvalue weighted by Gasteiger charge is -2.51. The standard InChI is InChI=1S/C27H36ClN3O3/c1-19(2)20-7-9-26(3)25(17-20)32-27(34-33-26)10-15-31(16-11-27)14-4-12-29-23-8-13-30-24-18-21(28)5-6-22(23)24/h5-6,8,13,17-19,25H,4,7,9-12,14-16H2,1-3H3,(H,29,30)/t25-,26+/m1/s1. The Morgan fingerprint density at radius 3 is 2.79 bits per heavy atom. The first-order valence-corrected chi connectivity index (χ1v) is 13.0. The average molecular weight is 486 g/mol. The van der Waals surface area contributed by atoms with E-state index in [-0.39, 0.29) is 11.7 Å². The summed E-state index contributed by atoms with van der Waals surface area (Å²) in [6.07, 6.45) is 8.80. The highest BCUT2D eigenvalue weighted by Gasteiger charge is 2.52. The molecule has 2 saturated heterocycles. The van der Waals surface area contributed by atoms with Crippen molar-refractivity contribution in [2.24, 2.45) is 5.92 Å². The maximum atomic E-state index is 6.61. The van der Waals surface area contributed by atoms with Crippen LogP contribution in [-0.4, -0.2) is 53.6 Å². The fraction of sp³-hybridized carbons (Fsp3) is 0.593. The lowest BCUT2D eigenvalue weighted by atomic mass is 9.80. The predicted octanol–water partition coefficient (Wildman–Crippen LogP) is 5.96. The monoisotopic (exact) mass is 485 g/mol. The van der Waals surface area contributed by atoms with Crippen molar-refractivity contribution in [3.8, 4) is 0 Å². The lowest BCUT2D eigenvalue weighted by Crippen LogP contribution is -2.60. The number of hydrogen-bond acceptors (Lipinski definition) is 6. The quantitative estimate of drug-likeness (QED) is 0.309. The smallest absolute Gasteiger partial charge is 0.204 e. The van der Waals surface area contributed by atoms with Gasteiger partial charge in [0.1, 0.15) is 11.7 Å². The van der Waals surface area contributed by atoms with Crippen LogP contribution in [0, 0.1) is 5.92 Å². The maximum absolute atomic E-state index is 6.61. The van der Waals surface area contributed by atoms with Crippen LogP contribution in [0.4, 0.5) is 5.69 Å². The van der Waals surface area contributed by atoms with Crippen LogP contribution in [0.5, 0.6) is 0 Å². The van der Waals surface area contributed by atoms with E-state index in [9.17, 15) is 0 Å². The van der Waals surface area contributed by atoms with Gasteiger partial charge in [-0.2, -0.15) is 0 Å². The van der Waals surface area contributed by atoms with Crippen molar-refractivity contribution >= 4 is 28.2 Å². The van der Waals surface area contributed by atoms with E-state index in [1.807, 2.05) is 30.5 Å². The molecule has 3 heterocycles. The Balaban J connectivity index is 1.11. The van der Waals surface area contributed by atoms with Gasteiger partial charge in [0.05, 0.1) is 5.52 Å². The van der Waals surface area contributed by atoms with Gasteiger partial charge < -0.3 is 15.0 Å². The molecular formula is C27H36ClN3O3. The van der Waals surface area contributed by atoms with Crippen molar-refractivity contribution in [3.05, 3.63) is 47.1 Å². The van der Waals surface area contributed by atoms with E-state index in [2.05, 4.69) is 42.0 Å². The van der Waals surface area contributed by atoms with Crippen molar-refractivity contribution in [2.45, 2.75) is 70.4 Å². The Morgan fingerprint density at radius 2 is 2.00 bits per heavy atom. The summed E-state index contributed by atoms with van der Waals surface area (Å²) in [5.41, 5.74) is 3.11. The highest BCUT2D eigenvalue weighted by molar-refractivity contribution is 6.31. The number of fused-ring (bicyclic) bond motifs is 2. The van der Waals surface area contributed by atoms with Gasteiger partial charge >= 0.3 is 0 Å². The van der Waals surface area contributed by atoms with Crippen LogP contribution < -0.4 is 5.32 Å². The third-order valence-corrected chi connectivity index (χ3v) is 7.87. The van der Waals surface area contributed by atoms with E-state index >= 15 is 0 Å². The van der Waals surface area contributed by atoms with E-state index in [1.165, 1.54) is 5.57 Å². The molecule has 2 aliphatic heterocycles. The van der Waals surface area contributed by atoms with E-state index in [0.717, 1.165) is 74.9 Å². The summed E-state index contributed by atoms with van der Waals surface area (Å²) in [5.74, 6) is -0.0724. The number of likely N-dealkylation sites (tertiary alicyclic amines) is 1. The summed E-state index contributed by atoms with van der Waals surface area (Å²) in [4.78, 5) is 18.9. The third kappa shape index (κ3) is 4.98. The van der Waals surface area contributed by atoms with E-state index in [0.29, 0.717) is 10.9 Å². The summed E-state index contributed by atoms with van der Waals surface area (Å²) in [6.45, 7) is 10.5. The molecule has 3 aliphatic rings. The zero-order chi connectivity index (χ0) is 23.8. The summed E-state index contributed by atoms with van der Waals surface area (Å²) < 4.78 is 6.61. The van der Waals surface area contributed by atoms with Gasteiger partial charge in [0.25, 0.3) is 0 Å². The Morgan fingerprint density at radius 1 is 1.18 bits per heavy atom. The Bertz CT molecular complexity index is 1050. The molecule has 2 fully saturated rings. The largest absolute Gasteiger partial charge is 0.384 e. The molecule has 1 spiro atoms. The molecule has 1 N–H and O–H groups in total. The number of piperidine rings is 1. The number of allylic oxidation sites excluding steroid dienone is 1. The van der Waals surface area contributed by atoms with Crippen molar-refractivity contribution in [2.75, 3.05) is 31.5 Å². The van der Waals surface area contributed by atoms with Gasteiger partial charge in [-0.25, -0.2) is 9.78 Å². The van der Waals surface area contributed by atoms with E-state index in [1.54, 1.807) is 0 Å². The second-order valence-electron chi connectivity index (χ2n) is 10.5. The Labute approximate surface area is 207 Å². The summed E-state index contributed by atoms with van der Waals surface area (Å²) >= 11 is 6.10. The minimum atomic E-state index is -0.619. The fourth-order valence-electron chi connectivity index (χ4n) is 5.26. The number of halogens is 1. The molecule has 0 unspecified atom stereocenters. The highest BCUT2D eigenvalue weighted by Crippen LogP contribution is 2.44. The molecule has 6 nitrogen and oxygen atoms in total. The topological polar surface area (TPSA) is 55.9 Å². The number of hydrogen-bond donors (Lipinski definition) is 1. The molecule has 1 aromatic heterocycles. The molecule has 0 bridgehead atoms. The normalized spacial score (nSPS) is 27.1. The summed E-state index contributed by atoms with van der Waals surface area (Å²) in [6, 6.07) is 7.87. The number of nitrogens with zero attached hydrogens (tertiary/aromatic N) is 2. The van der Waals surface area contributed by atoms with Gasteiger partial charge in [-0.05, 0) is 62.9 Å². The summed E-state index contributed by atoms with van der Waals surface area (Å²) in [7, 11) is 0. The van der Waals surface area contributed by atoms with Crippen molar-refractivity contribution < 1.29 is 14.5 Å². The first-order valence-electron chi connectivity index (χ1n) is 12.6.